The third kappa shape index (κ3) is 6.21. The lowest BCUT2D eigenvalue weighted by molar-refractivity contribution is -0.145. The summed E-state index contributed by atoms with van der Waals surface area (Å²) in [5, 5.41) is 0. The van der Waals surface area contributed by atoms with Crippen LogP contribution in [0, 0.1) is 0 Å². The Morgan fingerprint density at radius 3 is 2.26 bits per heavy atom. The van der Waals surface area contributed by atoms with Gasteiger partial charge in [0.15, 0.2) is 0 Å². The van der Waals surface area contributed by atoms with E-state index in [1.54, 1.807) is 19.1 Å². The van der Waals surface area contributed by atoms with Crippen molar-refractivity contribution in [2.45, 2.75) is 50.1 Å². The summed E-state index contributed by atoms with van der Waals surface area (Å²) in [5.74, 6) is -0.337. The van der Waals surface area contributed by atoms with Gasteiger partial charge in [0, 0.05) is 32.6 Å². The number of carbonyl (C=O) groups excluding carboxylic acids is 1. The van der Waals surface area contributed by atoms with Crippen LogP contribution in [-0.2, 0) is 21.2 Å². The van der Waals surface area contributed by atoms with E-state index < -0.39 is 22.6 Å². The van der Waals surface area contributed by atoms with Crippen LogP contribution in [0.25, 0.3) is 0 Å². The number of halogens is 3. The molecule has 27 heavy (non-hydrogen) atoms. The SMILES string of the molecule is CCN(CCC(F)(F)F)C(=O)CCc1ccc(S(=O)(=O)N2CCCC2)cc1. The summed E-state index contributed by atoms with van der Waals surface area (Å²) in [7, 11) is -3.47. The van der Waals surface area contributed by atoms with Gasteiger partial charge in [0.2, 0.25) is 15.9 Å². The number of hydrogen-bond donors (Lipinski definition) is 0. The van der Waals surface area contributed by atoms with Crippen LogP contribution in [0.5, 0.6) is 0 Å². The second kappa shape index (κ2) is 9.05. The Morgan fingerprint density at radius 2 is 1.74 bits per heavy atom. The highest BCUT2D eigenvalue weighted by atomic mass is 32.2. The molecule has 0 aliphatic carbocycles. The average Bonchev–Trinajstić information content (AvgIpc) is 3.15. The van der Waals surface area contributed by atoms with E-state index in [4.69, 9.17) is 0 Å². The summed E-state index contributed by atoms with van der Waals surface area (Å²) < 4.78 is 63.4. The van der Waals surface area contributed by atoms with Crippen molar-refractivity contribution in [3.05, 3.63) is 29.8 Å². The van der Waals surface area contributed by atoms with E-state index in [1.165, 1.54) is 21.3 Å². The molecule has 1 amide bonds. The maximum absolute atomic E-state index is 12.5. The van der Waals surface area contributed by atoms with Gasteiger partial charge in [0.25, 0.3) is 0 Å². The molecule has 0 atom stereocenters. The molecule has 0 unspecified atom stereocenters. The van der Waals surface area contributed by atoms with Gasteiger partial charge in [-0.05, 0) is 43.9 Å². The largest absolute Gasteiger partial charge is 0.390 e. The number of rotatable bonds is 8. The van der Waals surface area contributed by atoms with Gasteiger partial charge in [-0.15, -0.1) is 0 Å². The summed E-state index contributed by atoms with van der Waals surface area (Å²) in [6, 6.07) is 6.36. The molecule has 0 saturated carbocycles. The van der Waals surface area contributed by atoms with Crippen LogP contribution in [0.1, 0.15) is 38.2 Å². The number of carbonyl (C=O) groups is 1. The van der Waals surface area contributed by atoms with Crippen molar-refractivity contribution in [1.29, 1.82) is 0 Å². The van der Waals surface area contributed by atoms with E-state index in [9.17, 15) is 26.4 Å². The fourth-order valence-corrected chi connectivity index (χ4v) is 4.55. The molecule has 9 heteroatoms. The normalized spacial score (nSPS) is 15.9. The fraction of sp³-hybridized carbons (Fsp3) is 0.611. The van der Waals surface area contributed by atoms with E-state index in [-0.39, 0.29) is 30.3 Å². The highest BCUT2D eigenvalue weighted by Gasteiger charge is 2.29. The zero-order chi connectivity index (χ0) is 20.1. The van der Waals surface area contributed by atoms with Crippen molar-refractivity contribution in [2.24, 2.45) is 0 Å². The molecule has 2 rings (SSSR count). The molecule has 0 N–H and O–H groups in total. The first-order valence-corrected chi connectivity index (χ1v) is 10.5. The number of benzene rings is 1. The Morgan fingerprint density at radius 1 is 1.15 bits per heavy atom. The second-order valence-corrected chi connectivity index (χ2v) is 8.53. The van der Waals surface area contributed by atoms with Gasteiger partial charge in [-0.2, -0.15) is 17.5 Å². The van der Waals surface area contributed by atoms with Crippen LogP contribution < -0.4 is 0 Å². The molecule has 1 aromatic carbocycles. The highest BCUT2D eigenvalue weighted by molar-refractivity contribution is 7.89. The Labute approximate surface area is 158 Å². The topological polar surface area (TPSA) is 57.7 Å². The van der Waals surface area contributed by atoms with Crippen molar-refractivity contribution >= 4 is 15.9 Å². The lowest BCUT2D eigenvalue weighted by Gasteiger charge is -2.21. The molecule has 1 fully saturated rings. The Hall–Kier alpha value is -1.61. The van der Waals surface area contributed by atoms with Crippen LogP contribution in [-0.4, -0.2) is 55.9 Å². The molecule has 0 aromatic heterocycles. The van der Waals surface area contributed by atoms with Gasteiger partial charge in [-0.3, -0.25) is 4.79 Å². The lowest BCUT2D eigenvalue weighted by atomic mass is 10.1. The molecule has 1 saturated heterocycles. The smallest absolute Gasteiger partial charge is 0.343 e. The van der Waals surface area contributed by atoms with Crippen LogP contribution >= 0.6 is 0 Å². The molecule has 152 valence electrons. The number of amides is 1. The fourth-order valence-electron chi connectivity index (χ4n) is 3.04. The standard InChI is InChI=1S/C18H25F3N2O3S/c1-2-22(14-11-18(19,20)21)17(24)10-7-15-5-8-16(9-6-15)27(25,26)23-12-3-4-13-23/h5-6,8-9H,2-4,7,10-14H2,1H3. The molecular formula is C18H25F3N2O3S. The molecule has 0 spiro atoms. The zero-order valence-corrected chi connectivity index (χ0v) is 16.2. The van der Waals surface area contributed by atoms with E-state index in [1.807, 2.05) is 0 Å². The van der Waals surface area contributed by atoms with Crippen LogP contribution in [0.4, 0.5) is 13.2 Å². The summed E-state index contributed by atoms with van der Waals surface area (Å²) in [6.45, 7) is 2.59. The van der Waals surface area contributed by atoms with E-state index in [2.05, 4.69) is 0 Å². The molecule has 1 aromatic rings. The minimum atomic E-state index is -4.29. The average molecular weight is 406 g/mol. The maximum atomic E-state index is 12.5. The Balaban J connectivity index is 1.91. The number of aryl methyl sites for hydroxylation is 1. The molecule has 1 aliphatic heterocycles. The maximum Gasteiger partial charge on any atom is 0.390 e. The first-order chi connectivity index (χ1) is 12.6. The molecular weight excluding hydrogens is 381 g/mol. The highest BCUT2D eigenvalue weighted by Crippen LogP contribution is 2.22. The summed E-state index contributed by atoms with van der Waals surface area (Å²) >= 11 is 0. The van der Waals surface area contributed by atoms with E-state index in [0.717, 1.165) is 18.4 Å². The second-order valence-electron chi connectivity index (χ2n) is 6.59. The Kier molecular flexibility index (Phi) is 7.27. The molecule has 0 bridgehead atoms. The monoisotopic (exact) mass is 406 g/mol. The number of sulfonamides is 1. The minimum Gasteiger partial charge on any atom is -0.343 e. The number of nitrogens with zero attached hydrogens (tertiary/aromatic N) is 2. The molecule has 1 heterocycles. The predicted octanol–water partition coefficient (Wildman–Crippen LogP) is 3.20. The Bertz CT molecular complexity index is 727. The van der Waals surface area contributed by atoms with Crippen LogP contribution in [0.3, 0.4) is 0 Å². The van der Waals surface area contributed by atoms with E-state index >= 15 is 0 Å². The van der Waals surface area contributed by atoms with Crippen molar-refractivity contribution in [2.75, 3.05) is 26.2 Å². The summed E-state index contributed by atoms with van der Waals surface area (Å²) in [6.07, 6.45) is -3.14. The van der Waals surface area contributed by atoms with Gasteiger partial charge >= 0.3 is 6.18 Å². The first-order valence-electron chi connectivity index (χ1n) is 9.07. The summed E-state index contributed by atoms with van der Waals surface area (Å²) in [4.78, 5) is 13.5. The van der Waals surface area contributed by atoms with Crippen molar-refractivity contribution in [1.82, 2.24) is 9.21 Å². The number of alkyl halides is 3. The molecule has 0 radical (unpaired) electrons. The van der Waals surface area contributed by atoms with Crippen molar-refractivity contribution < 1.29 is 26.4 Å². The summed E-state index contributed by atoms with van der Waals surface area (Å²) in [5.41, 5.74) is 0.774. The van der Waals surface area contributed by atoms with Crippen LogP contribution in [0.2, 0.25) is 0 Å². The zero-order valence-electron chi connectivity index (χ0n) is 15.3. The van der Waals surface area contributed by atoms with E-state index in [0.29, 0.717) is 19.5 Å². The quantitative estimate of drug-likeness (QED) is 0.666. The first kappa shape index (κ1) is 21.7. The third-order valence-electron chi connectivity index (χ3n) is 4.65. The van der Waals surface area contributed by atoms with Crippen molar-refractivity contribution in [3.8, 4) is 0 Å². The molecule has 5 nitrogen and oxygen atoms in total. The van der Waals surface area contributed by atoms with Gasteiger partial charge in [-0.1, -0.05) is 12.1 Å². The number of hydrogen-bond acceptors (Lipinski definition) is 3. The third-order valence-corrected chi connectivity index (χ3v) is 6.57. The lowest BCUT2D eigenvalue weighted by Crippen LogP contribution is -2.34. The van der Waals surface area contributed by atoms with Crippen LogP contribution in [0.15, 0.2) is 29.2 Å². The van der Waals surface area contributed by atoms with Gasteiger partial charge in [-0.25, -0.2) is 8.42 Å². The minimum absolute atomic E-state index is 0.0872. The molecule has 1 aliphatic rings. The van der Waals surface area contributed by atoms with Crippen molar-refractivity contribution in [3.63, 3.8) is 0 Å². The van der Waals surface area contributed by atoms with Gasteiger partial charge < -0.3 is 4.90 Å². The van der Waals surface area contributed by atoms with Gasteiger partial charge in [0.05, 0.1) is 11.3 Å². The predicted molar refractivity (Wildman–Crippen MR) is 95.7 cm³/mol. The van der Waals surface area contributed by atoms with Gasteiger partial charge in [0.1, 0.15) is 0 Å².